The first-order valence-electron chi connectivity index (χ1n) is 14.2. The zero-order valence-corrected chi connectivity index (χ0v) is 22.9. The second kappa shape index (κ2) is 9.48. The maximum Gasteiger partial charge on any atom is 0.241 e. The highest BCUT2D eigenvalue weighted by Gasteiger charge is 2.67. The summed E-state index contributed by atoms with van der Waals surface area (Å²) in [6.45, 7) is 1.87. The number of fused-ring (bicyclic) bond motifs is 4. The third kappa shape index (κ3) is 3.57. The molecule has 2 aliphatic heterocycles. The van der Waals surface area contributed by atoms with Gasteiger partial charge < -0.3 is 5.11 Å². The number of amides is 4. The lowest BCUT2D eigenvalue weighted by Crippen LogP contribution is -2.48. The first-order valence-corrected chi connectivity index (χ1v) is 14.2. The van der Waals surface area contributed by atoms with Crippen LogP contribution >= 0.6 is 0 Å². The summed E-state index contributed by atoms with van der Waals surface area (Å²) in [5, 5.41) is 11.0. The highest BCUT2D eigenvalue weighted by Crippen LogP contribution is 2.64. The van der Waals surface area contributed by atoms with E-state index in [2.05, 4.69) is 0 Å². The molecule has 1 saturated carbocycles. The summed E-state index contributed by atoms with van der Waals surface area (Å²) in [6, 6.07) is 22.1. The topological polar surface area (TPSA) is 95.0 Å². The number of aromatic hydroxyl groups is 1. The normalized spacial score (nSPS) is 30.2. The maximum absolute atomic E-state index is 14.8. The van der Waals surface area contributed by atoms with E-state index in [1.54, 1.807) is 43.3 Å². The van der Waals surface area contributed by atoms with Gasteiger partial charge in [-0.25, -0.2) is 9.29 Å². The van der Waals surface area contributed by atoms with Gasteiger partial charge in [0.2, 0.25) is 23.6 Å². The van der Waals surface area contributed by atoms with Crippen molar-refractivity contribution in [1.82, 2.24) is 4.90 Å². The first kappa shape index (κ1) is 26.3. The number of phenolic OH excluding ortho intramolecular Hbond substituents is 1. The molecule has 212 valence electrons. The number of hydrogen-bond acceptors (Lipinski definition) is 5. The monoisotopic (exact) mass is 564 g/mol. The van der Waals surface area contributed by atoms with Crippen LogP contribution in [0.15, 0.2) is 90.5 Å². The molecule has 3 fully saturated rings. The van der Waals surface area contributed by atoms with Crippen LogP contribution in [-0.4, -0.2) is 33.6 Å². The number of carbonyl (C=O) groups excluding carboxylic acids is 4. The number of likely N-dealkylation sites (tertiary alicyclic amines) is 1. The molecule has 3 aromatic rings. The van der Waals surface area contributed by atoms with Crippen molar-refractivity contribution in [2.24, 2.45) is 29.1 Å². The maximum atomic E-state index is 14.8. The number of halogens is 1. The van der Waals surface area contributed by atoms with Gasteiger partial charge >= 0.3 is 0 Å². The van der Waals surface area contributed by atoms with Gasteiger partial charge in [0.15, 0.2) is 11.6 Å². The van der Waals surface area contributed by atoms with E-state index >= 15 is 0 Å². The van der Waals surface area contributed by atoms with Crippen molar-refractivity contribution >= 4 is 29.3 Å². The Bertz CT molecular complexity index is 1670. The Hall–Kier alpha value is -4.59. The molecule has 0 aromatic heterocycles. The van der Waals surface area contributed by atoms with E-state index in [-0.39, 0.29) is 36.8 Å². The SMILES string of the molecule is C[C@@]12C(=O)N(c3ccccc3)C(=O)[C@@H]1C[C@@H]1C(=CC[C@@H]3C(=O)N(Cc4ccccc4)C(=O)[C@@H]31)[C@@H]2c1cccc(F)c1O. The molecule has 0 spiro atoms. The number of benzene rings is 3. The predicted octanol–water partition coefficient (Wildman–Crippen LogP) is 4.96. The molecule has 2 aliphatic carbocycles. The average molecular weight is 565 g/mol. The second-order valence-corrected chi connectivity index (χ2v) is 11.9. The lowest BCUT2D eigenvalue weighted by Gasteiger charge is -2.49. The highest BCUT2D eigenvalue weighted by atomic mass is 19.1. The Labute approximate surface area is 242 Å². The molecule has 1 N–H and O–H groups in total. The minimum Gasteiger partial charge on any atom is -0.505 e. The number of phenols is 1. The standard InChI is InChI=1S/C34H29FN2O5/c1-34-25(31(40)37(33(34)42)20-11-6-3-7-12-20)17-24-21(28(34)23-13-8-14-26(35)29(23)38)15-16-22-27(24)32(41)36(30(22)39)18-19-9-4-2-5-10-19/h2-15,22,24-25,27-28,38H,16-18H2,1H3/t22-,24+,25-,27-,28+,34+/m0/s1. The Morgan fingerprint density at radius 2 is 1.55 bits per heavy atom. The van der Waals surface area contributed by atoms with Crippen molar-refractivity contribution in [3.8, 4) is 5.75 Å². The molecule has 42 heavy (non-hydrogen) atoms. The van der Waals surface area contributed by atoms with Crippen molar-refractivity contribution in [2.75, 3.05) is 4.90 Å². The number of para-hydroxylation sites is 2. The molecule has 8 heteroatoms. The molecule has 7 nitrogen and oxygen atoms in total. The molecular formula is C34H29FN2O5. The number of anilines is 1. The van der Waals surface area contributed by atoms with Crippen LogP contribution in [0.1, 0.15) is 36.8 Å². The van der Waals surface area contributed by atoms with Crippen LogP contribution in [-0.2, 0) is 25.7 Å². The number of imide groups is 2. The molecule has 4 aliphatic rings. The second-order valence-electron chi connectivity index (χ2n) is 11.9. The summed E-state index contributed by atoms with van der Waals surface area (Å²) in [5.74, 6) is -6.32. The third-order valence-electron chi connectivity index (χ3n) is 9.89. The van der Waals surface area contributed by atoms with E-state index in [0.717, 1.165) is 11.6 Å². The van der Waals surface area contributed by atoms with Crippen molar-refractivity contribution in [3.05, 3.63) is 107 Å². The number of carbonyl (C=O) groups is 4. The van der Waals surface area contributed by atoms with Crippen molar-refractivity contribution in [3.63, 3.8) is 0 Å². The summed E-state index contributed by atoms with van der Waals surface area (Å²) in [5.41, 5.74) is 0.824. The Morgan fingerprint density at radius 1 is 0.857 bits per heavy atom. The Balaban J connectivity index is 1.35. The van der Waals surface area contributed by atoms with Gasteiger partial charge in [0.1, 0.15) is 0 Å². The Kier molecular flexibility index (Phi) is 5.94. The average Bonchev–Trinajstić information content (AvgIpc) is 3.35. The number of allylic oxidation sites excluding steroid dienone is 2. The molecule has 7 rings (SSSR count). The molecule has 2 heterocycles. The fraction of sp³-hybridized carbons (Fsp3) is 0.294. The summed E-state index contributed by atoms with van der Waals surface area (Å²) in [6.07, 6.45) is 2.37. The first-order chi connectivity index (χ1) is 20.2. The quantitative estimate of drug-likeness (QED) is 0.357. The summed E-state index contributed by atoms with van der Waals surface area (Å²) >= 11 is 0. The molecular weight excluding hydrogens is 535 g/mol. The van der Waals surface area contributed by atoms with Crippen LogP contribution in [0, 0.1) is 34.9 Å². The minimum absolute atomic E-state index is 0.155. The molecule has 0 radical (unpaired) electrons. The predicted molar refractivity (Wildman–Crippen MR) is 151 cm³/mol. The van der Waals surface area contributed by atoms with E-state index in [1.807, 2.05) is 36.4 Å². The van der Waals surface area contributed by atoms with E-state index in [0.29, 0.717) is 11.3 Å². The molecule has 0 unspecified atom stereocenters. The number of hydrogen-bond donors (Lipinski definition) is 1. The van der Waals surface area contributed by atoms with E-state index in [9.17, 15) is 28.7 Å². The van der Waals surface area contributed by atoms with Crippen LogP contribution in [0.2, 0.25) is 0 Å². The largest absolute Gasteiger partial charge is 0.505 e. The van der Waals surface area contributed by atoms with Gasteiger partial charge in [-0.2, -0.15) is 0 Å². The fourth-order valence-electron chi connectivity index (χ4n) is 7.93. The van der Waals surface area contributed by atoms with Gasteiger partial charge in [0.05, 0.1) is 35.4 Å². The molecule has 2 saturated heterocycles. The van der Waals surface area contributed by atoms with E-state index in [4.69, 9.17) is 0 Å². The van der Waals surface area contributed by atoms with Crippen molar-refractivity contribution < 1.29 is 28.7 Å². The van der Waals surface area contributed by atoms with Crippen LogP contribution in [0.3, 0.4) is 0 Å². The lowest BCUT2D eigenvalue weighted by molar-refractivity contribution is -0.141. The summed E-state index contributed by atoms with van der Waals surface area (Å²) in [7, 11) is 0. The number of nitrogens with zero attached hydrogens (tertiary/aromatic N) is 2. The van der Waals surface area contributed by atoms with Crippen LogP contribution in [0.5, 0.6) is 5.75 Å². The van der Waals surface area contributed by atoms with Gasteiger partial charge in [-0.05, 0) is 49.4 Å². The summed E-state index contributed by atoms with van der Waals surface area (Å²) < 4.78 is 14.8. The molecule has 4 amide bonds. The van der Waals surface area contributed by atoms with Crippen molar-refractivity contribution in [1.29, 1.82) is 0 Å². The van der Waals surface area contributed by atoms with Crippen LogP contribution in [0.25, 0.3) is 0 Å². The van der Waals surface area contributed by atoms with Crippen molar-refractivity contribution in [2.45, 2.75) is 32.2 Å². The van der Waals surface area contributed by atoms with E-state index < -0.39 is 58.4 Å². The molecule has 6 atom stereocenters. The van der Waals surface area contributed by atoms with Gasteiger partial charge in [-0.1, -0.05) is 72.3 Å². The zero-order chi connectivity index (χ0) is 29.3. The fourth-order valence-corrected chi connectivity index (χ4v) is 7.93. The highest BCUT2D eigenvalue weighted by molar-refractivity contribution is 6.24. The zero-order valence-electron chi connectivity index (χ0n) is 22.9. The Morgan fingerprint density at radius 3 is 2.26 bits per heavy atom. The lowest BCUT2D eigenvalue weighted by atomic mass is 9.51. The van der Waals surface area contributed by atoms with Gasteiger partial charge in [0, 0.05) is 11.5 Å². The van der Waals surface area contributed by atoms with E-state index in [1.165, 1.54) is 15.9 Å². The van der Waals surface area contributed by atoms with Crippen LogP contribution < -0.4 is 4.90 Å². The summed E-state index contributed by atoms with van der Waals surface area (Å²) in [4.78, 5) is 58.4. The minimum atomic E-state index is -1.34. The smallest absolute Gasteiger partial charge is 0.241 e. The van der Waals surface area contributed by atoms with Gasteiger partial charge in [-0.3, -0.25) is 24.1 Å². The molecule has 3 aromatic carbocycles. The number of rotatable bonds is 4. The van der Waals surface area contributed by atoms with Gasteiger partial charge in [0.25, 0.3) is 0 Å². The van der Waals surface area contributed by atoms with Gasteiger partial charge in [-0.15, -0.1) is 0 Å². The third-order valence-corrected chi connectivity index (χ3v) is 9.89. The van der Waals surface area contributed by atoms with Crippen LogP contribution in [0.4, 0.5) is 10.1 Å². The molecule has 0 bridgehead atoms.